The van der Waals surface area contributed by atoms with Crippen LogP contribution in [0.25, 0.3) is 22.0 Å². The van der Waals surface area contributed by atoms with Crippen LogP contribution in [0.1, 0.15) is 0 Å². The Morgan fingerprint density at radius 1 is 1.08 bits per heavy atom. The molecule has 0 radical (unpaired) electrons. The molecule has 26 heavy (non-hydrogen) atoms. The maximum absolute atomic E-state index is 12.5. The summed E-state index contributed by atoms with van der Waals surface area (Å²) in [4.78, 5) is 29.9. The van der Waals surface area contributed by atoms with Gasteiger partial charge in [-0.05, 0) is 29.7 Å². The van der Waals surface area contributed by atoms with Gasteiger partial charge in [0.1, 0.15) is 5.82 Å². The molecule has 3 aromatic heterocycles. The van der Waals surface area contributed by atoms with Crippen LogP contribution in [-0.4, -0.2) is 27.0 Å². The molecule has 3 N–H and O–H groups in total. The Morgan fingerprint density at radius 2 is 1.81 bits per heavy atom. The van der Waals surface area contributed by atoms with Crippen LogP contribution in [0.5, 0.6) is 0 Å². The Morgan fingerprint density at radius 3 is 2.54 bits per heavy atom. The zero-order valence-corrected chi connectivity index (χ0v) is 14.0. The van der Waals surface area contributed by atoms with Crippen LogP contribution in [0.2, 0.25) is 0 Å². The molecule has 0 saturated carbocycles. The van der Waals surface area contributed by atoms with Crippen LogP contribution in [0.15, 0.2) is 65.8 Å². The minimum Gasteiger partial charge on any atom is -0.368 e. The molecule has 3 heterocycles. The number of nitrogen functional groups attached to an aromatic ring is 1. The van der Waals surface area contributed by atoms with E-state index in [0.717, 1.165) is 16.6 Å². The van der Waals surface area contributed by atoms with E-state index in [2.05, 4.69) is 15.0 Å². The van der Waals surface area contributed by atoms with Crippen molar-refractivity contribution in [3.8, 4) is 11.3 Å². The van der Waals surface area contributed by atoms with Gasteiger partial charge in [-0.2, -0.15) is 0 Å². The van der Waals surface area contributed by atoms with Crippen molar-refractivity contribution in [2.75, 3.05) is 17.7 Å². The van der Waals surface area contributed by atoms with Gasteiger partial charge in [-0.15, -0.1) is 0 Å². The molecule has 7 nitrogen and oxygen atoms in total. The Kier molecular flexibility index (Phi) is 3.81. The number of rotatable bonds is 3. The lowest BCUT2D eigenvalue weighted by molar-refractivity contribution is 1.13. The standard InChI is InChI=1S/C19H16N6O/c1-25(14-5-3-2-4-6-14)17-16-12(7-8-21-18(16)26)9-15(24-17)13-10-22-19(20)23-11-13/h2-11H,1H3,(H,21,26)(H2,20,22,23). The van der Waals surface area contributed by atoms with Gasteiger partial charge in [0.15, 0.2) is 0 Å². The number of benzene rings is 1. The number of pyridine rings is 2. The number of H-pyrrole nitrogens is 1. The third-order valence-corrected chi connectivity index (χ3v) is 4.16. The molecule has 0 aliphatic heterocycles. The summed E-state index contributed by atoms with van der Waals surface area (Å²) in [6.07, 6.45) is 4.87. The molecule has 4 aromatic rings. The van der Waals surface area contributed by atoms with E-state index in [9.17, 15) is 4.79 Å². The van der Waals surface area contributed by atoms with Gasteiger partial charge < -0.3 is 15.6 Å². The highest BCUT2D eigenvalue weighted by atomic mass is 16.1. The van der Waals surface area contributed by atoms with Gasteiger partial charge >= 0.3 is 0 Å². The van der Waals surface area contributed by atoms with Crippen molar-refractivity contribution in [3.63, 3.8) is 0 Å². The maximum atomic E-state index is 12.5. The summed E-state index contributed by atoms with van der Waals surface area (Å²) >= 11 is 0. The molecule has 1 aromatic carbocycles. The van der Waals surface area contributed by atoms with Gasteiger partial charge in [-0.25, -0.2) is 15.0 Å². The van der Waals surface area contributed by atoms with E-state index in [4.69, 9.17) is 10.7 Å². The van der Waals surface area contributed by atoms with Crippen molar-refractivity contribution in [1.82, 2.24) is 19.9 Å². The van der Waals surface area contributed by atoms with Crippen LogP contribution in [0.3, 0.4) is 0 Å². The predicted molar refractivity (Wildman–Crippen MR) is 102 cm³/mol. The number of nitrogens with one attached hydrogen (secondary N) is 1. The SMILES string of the molecule is CN(c1ccccc1)c1nc(-c2cnc(N)nc2)cc2cc[nH]c(=O)c12. The molecule has 7 heteroatoms. The molecule has 0 fully saturated rings. The first-order chi connectivity index (χ1) is 12.6. The smallest absolute Gasteiger partial charge is 0.259 e. The topological polar surface area (TPSA) is 101 Å². The van der Waals surface area contributed by atoms with Crippen LogP contribution < -0.4 is 16.2 Å². The third-order valence-electron chi connectivity index (χ3n) is 4.16. The van der Waals surface area contributed by atoms with Gasteiger partial charge in [-0.3, -0.25) is 4.79 Å². The highest BCUT2D eigenvalue weighted by Gasteiger charge is 2.15. The normalized spacial score (nSPS) is 10.8. The van der Waals surface area contributed by atoms with Gasteiger partial charge in [0.2, 0.25) is 5.95 Å². The summed E-state index contributed by atoms with van der Waals surface area (Å²) in [6.45, 7) is 0. The molecule has 0 atom stereocenters. The zero-order valence-electron chi connectivity index (χ0n) is 14.0. The minimum atomic E-state index is -0.187. The highest BCUT2D eigenvalue weighted by Crippen LogP contribution is 2.30. The molecule has 0 aliphatic rings. The van der Waals surface area contributed by atoms with Gasteiger partial charge in [0.05, 0.1) is 11.1 Å². The van der Waals surface area contributed by atoms with E-state index < -0.39 is 0 Å². The monoisotopic (exact) mass is 344 g/mol. The van der Waals surface area contributed by atoms with Gasteiger partial charge in [-0.1, -0.05) is 18.2 Å². The van der Waals surface area contributed by atoms with Crippen molar-refractivity contribution in [2.24, 2.45) is 0 Å². The van der Waals surface area contributed by atoms with Crippen LogP contribution in [0.4, 0.5) is 17.5 Å². The largest absolute Gasteiger partial charge is 0.368 e. The molecular formula is C19H16N6O. The van der Waals surface area contributed by atoms with Crippen molar-refractivity contribution < 1.29 is 0 Å². The number of hydrogen-bond donors (Lipinski definition) is 2. The minimum absolute atomic E-state index is 0.187. The summed E-state index contributed by atoms with van der Waals surface area (Å²) in [6, 6.07) is 13.4. The summed E-state index contributed by atoms with van der Waals surface area (Å²) < 4.78 is 0. The maximum Gasteiger partial charge on any atom is 0.259 e. The number of para-hydroxylation sites is 1. The molecule has 0 bridgehead atoms. The molecular weight excluding hydrogens is 328 g/mol. The van der Waals surface area contributed by atoms with E-state index in [0.29, 0.717) is 16.9 Å². The fourth-order valence-corrected chi connectivity index (χ4v) is 2.83. The van der Waals surface area contributed by atoms with Crippen molar-refractivity contribution in [1.29, 1.82) is 0 Å². The lowest BCUT2D eigenvalue weighted by Gasteiger charge is -2.20. The van der Waals surface area contributed by atoms with Crippen molar-refractivity contribution in [3.05, 3.63) is 71.4 Å². The second-order valence-corrected chi connectivity index (χ2v) is 5.83. The molecule has 0 spiro atoms. The number of aromatic nitrogens is 4. The number of nitrogens with two attached hydrogens (primary N) is 1. The van der Waals surface area contributed by atoms with Crippen LogP contribution in [-0.2, 0) is 0 Å². The first-order valence-electron chi connectivity index (χ1n) is 8.02. The summed E-state index contributed by atoms with van der Waals surface area (Å²) in [7, 11) is 1.88. The van der Waals surface area contributed by atoms with Crippen LogP contribution in [0, 0.1) is 0 Å². The molecule has 0 amide bonds. The van der Waals surface area contributed by atoms with Gasteiger partial charge in [0, 0.05) is 36.9 Å². The second kappa shape index (κ2) is 6.29. The number of anilines is 3. The summed E-state index contributed by atoms with van der Waals surface area (Å²) in [5, 5.41) is 1.31. The van der Waals surface area contributed by atoms with Gasteiger partial charge in [0.25, 0.3) is 5.56 Å². The number of fused-ring (bicyclic) bond motifs is 1. The summed E-state index contributed by atoms with van der Waals surface area (Å²) in [5.74, 6) is 0.759. The Balaban J connectivity index is 1.97. The zero-order chi connectivity index (χ0) is 18.1. The molecule has 0 saturated heterocycles. The van der Waals surface area contributed by atoms with Crippen molar-refractivity contribution in [2.45, 2.75) is 0 Å². The lowest BCUT2D eigenvalue weighted by Crippen LogP contribution is -2.16. The summed E-state index contributed by atoms with van der Waals surface area (Å²) in [5.41, 5.74) is 7.71. The van der Waals surface area contributed by atoms with E-state index in [1.54, 1.807) is 18.6 Å². The first kappa shape index (κ1) is 15.8. The van der Waals surface area contributed by atoms with Crippen molar-refractivity contribution >= 4 is 28.2 Å². The van der Waals surface area contributed by atoms with E-state index >= 15 is 0 Å². The lowest BCUT2D eigenvalue weighted by atomic mass is 10.1. The first-order valence-corrected chi connectivity index (χ1v) is 8.02. The number of hydrogen-bond acceptors (Lipinski definition) is 6. The van der Waals surface area contributed by atoms with E-state index in [-0.39, 0.29) is 11.5 Å². The van der Waals surface area contributed by atoms with Crippen LogP contribution >= 0.6 is 0 Å². The van der Waals surface area contributed by atoms with E-state index in [1.807, 2.05) is 54.4 Å². The fourth-order valence-electron chi connectivity index (χ4n) is 2.83. The molecule has 128 valence electrons. The Hall–Kier alpha value is -3.74. The average molecular weight is 344 g/mol. The fraction of sp³-hybridized carbons (Fsp3) is 0.0526. The Bertz CT molecular complexity index is 1120. The molecule has 4 rings (SSSR count). The average Bonchev–Trinajstić information content (AvgIpc) is 2.68. The predicted octanol–water partition coefficient (Wildman–Crippen LogP) is 2.73. The molecule has 0 unspecified atom stereocenters. The quantitative estimate of drug-likeness (QED) is 0.593. The van der Waals surface area contributed by atoms with E-state index in [1.165, 1.54) is 0 Å². The molecule has 0 aliphatic carbocycles. The number of nitrogens with zero attached hydrogens (tertiary/aromatic N) is 4. The Labute approximate surface area is 149 Å². The third kappa shape index (κ3) is 2.75. The number of aromatic amines is 1. The highest BCUT2D eigenvalue weighted by molar-refractivity contribution is 5.95. The second-order valence-electron chi connectivity index (χ2n) is 5.83.